The summed E-state index contributed by atoms with van der Waals surface area (Å²) >= 11 is 3.32. The lowest BCUT2D eigenvalue weighted by molar-refractivity contribution is 0.102. The highest BCUT2D eigenvalue weighted by Crippen LogP contribution is 2.24. The number of nitrogens with zero attached hydrogens (tertiary/aromatic N) is 1. The van der Waals surface area contributed by atoms with Crippen molar-refractivity contribution in [2.45, 2.75) is 11.8 Å². The van der Waals surface area contributed by atoms with E-state index >= 15 is 0 Å². The van der Waals surface area contributed by atoms with Gasteiger partial charge in [0.25, 0.3) is 15.9 Å². The number of aromatic nitrogens is 1. The first-order valence-electron chi connectivity index (χ1n) is 7.99. The Balaban J connectivity index is 1.76. The minimum atomic E-state index is -3.83. The molecule has 1 amide bonds. The first kappa shape index (κ1) is 19.9. The lowest BCUT2D eigenvalue weighted by Gasteiger charge is -2.10. The van der Waals surface area contributed by atoms with Gasteiger partial charge in [-0.25, -0.2) is 8.42 Å². The van der Waals surface area contributed by atoms with Crippen molar-refractivity contribution in [1.29, 1.82) is 0 Å². The summed E-state index contributed by atoms with van der Waals surface area (Å²) in [7, 11) is -2.35. The van der Waals surface area contributed by atoms with Crippen LogP contribution in [0.25, 0.3) is 0 Å². The van der Waals surface area contributed by atoms with Gasteiger partial charge in [0.1, 0.15) is 11.5 Å². The van der Waals surface area contributed by atoms with E-state index in [9.17, 15) is 13.2 Å². The van der Waals surface area contributed by atoms with Gasteiger partial charge in [-0.2, -0.15) is 0 Å². The second-order valence-corrected chi connectivity index (χ2v) is 8.35. The summed E-state index contributed by atoms with van der Waals surface area (Å²) < 4.78 is 37.9. The molecule has 10 heteroatoms. The Hall–Kier alpha value is -2.85. The number of amides is 1. The van der Waals surface area contributed by atoms with Gasteiger partial charge in [0.2, 0.25) is 0 Å². The molecule has 0 saturated carbocycles. The molecule has 0 fully saturated rings. The molecule has 1 heterocycles. The molecule has 0 unspecified atom stereocenters. The van der Waals surface area contributed by atoms with Gasteiger partial charge in [-0.3, -0.25) is 9.52 Å². The summed E-state index contributed by atoms with van der Waals surface area (Å²) in [4.78, 5) is 12.5. The lowest BCUT2D eigenvalue weighted by atomic mass is 10.2. The van der Waals surface area contributed by atoms with Gasteiger partial charge in [0.15, 0.2) is 5.82 Å². The third-order valence-electron chi connectivity index (χ3n) is 3.70. The number of carbonyl (C=O) groups excluding carboxylic acids is 1. The van der Waals surface area contributed by atoms with Crippen LogP contribution >= 0.6 is 15.9 Å². The fraction of sp³-hybridized carbons (Fsp3) is 0.111. The second kappa shape index (κ2) is 8.03. The number of hydrogen-bond acceptors (Lipinski definition) is 6. The number of nitrogens with one attached hydrogen (secondary N) is 2. The molecule has 146 valence electrons. The Labute approximate surface area is 170 Å². The fourth-order valence-electron chi connectivity index (χ4n) is 2.38. The molecule has 3 rings (SSSR count). The number of anilines is 2. The van der Waals surface area contributed by atoms with Crippen molar-refractivity contribution in [2.24, 2.45) is 0 Å². The summed E-state index contributed by atoms with van der Waals surface area (Å²) in [5, 5.41) is 6.31. The molecule has 0 bridgehead atoms. The maximum absolute atomic E-state index is 12.5. The fourth-order valence-corrected chi connectivity index (χ4v) is 3.73. The highest BCUT2D eigenvalue weighted by Gasteiger charge is 2.17. The molecule has 1 aromatic heterocycles. The van der Waals surface area contributed by atoms with E-state index in [-0.39, 0.29) is 16.6 Å². The monoisotopic (exact) mass is 465 g/mol. The maximum Gasteiger partial charge on any atom is 0.263 e. The molecule has 28 heavy (non-hydrogen) atoms. The van der Waals surface area contributed by atoms with E-state index in [0.29, 0.717) is 22.8 Å². The van der Waals surface area contributed by atoms with E-state index in [1.165, 1.54) is 37.4 Å². The zero-order valence-electron chi connectivity index (χ0n) is 14.9. The summed E-state index contributed by atoms with van der Waals surface area (Å²) in [5.41, 5.74) is 0.778. The van der Waals surface area contributed by atoms with E-state index in [4.69, 9.17) is 9.26 Å². The van der Waals surface area contributed by atoms with Crippen molar-refractivity contribution >= 4 is 43.4 Å². The van der Waals surface area contributed by atoms with Gasteiger partial charge in [-0.05, 0) is 49.4 Å². The Morgan fingerprint density at radius 2 is 1.86 bits per heavy atom. The first-order chi connectivity index (χ1) is 13.3. The van der Waals surface area contributed by atoms with Gasteiger partial charge < -0.3 is 14.6 Å². The second-order valence-electron chi connectivity index (χ2n) is 5.75. The SMILES string of the molecule is COc1ccc(Br)cc1C(=O)Nc1ccc(S(=O)(=O)Nc2cc(C)on2)cc1. The summed E-state index contributed by atoms with van der Waals surface area (Å²) in [5.74, 6) is 0.618. The lowest BCUT2D eigenvalue weighted by Crippen LogP contribution is -2.15. The Morgan fingerprint density at radius 3 is 2.46 bits per heavy atom. The molecule has 8 nitrogen and oxygen atoms in total. The van der Waals surface area contributed by atoms with Crippen LogP contribution in [0.3, 0.4) is 0 Å². The highest BCUT2D eigenvalue weighted by molar-refractivity contribution is 9.10. The molecule has 2 N–H and O–H groups in total. The van der Waals surface area contributed by atoms with E-state index in [2.05, 4.69) is 31.1 Å². The van der Waals surface area contributed by atoms with Gasteiger partial charge >= 0.3 is 0 Å². The zero-order chi connectivity index (χ0) is 20.3. The Kier molecular flexibility index (Phi) is 5.71. The maximum atomic E-state index is 12.5. The van der Waals surface area contributed by atoms with Crippen molar-refractivity contribution in [1.82, 2.24) is 5.16 Å². The smallest absolute Gasteiger partial charge is 0.263 e. The molecule has 2 aromatic carbocycles. The minimum Gasteiger partial charge on any atom is -0.496 e. The number of hydrogen-bond donors (Lipinski definition) is 2. The largest absolute Gasteiger partial charge is 0.496 e. The third-order valence-corrected chi connectivity index (χ3v) is 5.56. The van der Waals surface area contributed by atoms with Crippen LogP contribution in [0.5, 0.6) is 5.75 Å². The van der Waals surface area contributed by atoms with E-state index in [1.807, 2.05) is 0 Å². The van der Waals surface area contributed by atoms with Crippen LogP contribution in [0.2, 0.25) is 0 Å². The number of aryl methyl sites for hydroxylation is 1. The summed E-state index contributed by atoms with van der Waals surface area (Å²) in [6.45, 7) is 1.66. The first-order valence-corrected chi connectivity index (χ1v) is 10.3. The van der Waals surface area contributed by atoms with Crippen molar-refractivity contribution < 1.29 is 22.5 Å². The topological polar surface area (TPSA) is 111 Å². The van der Waals surface area contributed by atoms with Crippen LogP contribution in [-0.4, -0.2) is 26.6 Å². The van der Waals surface area contributed by atoms with Crippen molar-refractivity contribution in [3.8, 4) is 5.75 Å². The standard InChI is InChI=1S/C18H16BrN3O5S/c1-11-9-17(21-27-11)22-28(24,25)14-6-4-13(5-7-14)20-18(23)15-10-12(19)3-8-16(15)26-2/h3-10H,1-2H3,(H,20,23)(H,21,22). The number of methoxy groups -OCH3 is 1. The highest BCUT2D eigenvalue weighted by atomic mass is 79.9. The molecule has 0 atom stereocenters. The molecule has 0 aliphatic carbocycles. The zero-order valence-corrected chi connectivity index (χ0v) is 17.3. The number of ether oxygens (including phenoxy) is 1. The molecule has 0 spiro atoms. The number of carbonyl (C=O) groups is 1. The molecule has 0 aliphatic heterocycles. The molecular weight excluding hydrogens is 450 g/mol. The van der Waals surface area contributed by atoms with Crippen LogP contribution in [-0.2, 0) is 10.0 Å². The third kappa shape index (κ3) is 4.52. The van der Waals surface area contributed by atoms with Crippen LogP contribution in [0.1, 0.15) is 16.1 Å². The van der Waals surface area contributed by atoms with Crippen LogP contribution in [0, 0.1) is 6.92 Å². The summed E-state index contributed by atoms with van der Waals surface area (Å²) in [6.07, 6.45) is 0. The van der Waals surface area contributed by atoms with Gasteiger partial charge in [0.05, 0.1) is 17.6 Å². The molecular formula is C18H16BrN3O5S. The number of sulfonamides is 1. The average Bonchev–Trinajstić information content (AvgIpc) is 3.06. The van der Waals surface area contributed by atoms with Crippen molar-refractivity contribution in [2.75, 3.05) is 17.1 Å². The van der Waals surface area contributed by atoms with Crippen LogP contribution < -0.4 is 14.8 Å². The van der Waals surface area contributed by atoms with Gasteiger partial charge in [0, 0.05) is 16.2 Å². The quantitative estimate of drug-likeness (QED) is 0.572. The summed E-state index contributed by atoms with van der Waals surface area (Å²) in [6, 6.07) is 12.3. The van der Waals surface area contributed by atoms with Crippen molar-refractivity contribution in [3.05, 3.63) is 64.3 Å². The number of benzene rings is 2. The number of halogens is 1. The van der Waals surface area contributed by atoms with E-state index in [1.54, 1.807) is 25.1 Å². The van der Waals surface area contributed by atoms with E-state index < -0.39 is 10.0 Å². The van der Waals surface area contributed by atoms with Crippen LogP contribution in [0.15, 0.2) is 62.4 Å². The van der Waals surface area contributed by atoms with Crippen molar-refractivity contribution in [3.63, 3.8) is 0 Å². The molecule has 0 aliphatic rings. The van der Waals surface area contributed by atoms with Gasteiger partial charge in [-0.15, -0.1) is 0 Å². The average molecular weight is 466 g/mol. The number of rotatable bonds is 6. The Bertz CT molecular complexity index is 1110. The van der Waals surface area contributed by atoms with Gasteiger partial charge in [-0.1, -0.05) is 21.1 Å². The molecule has 0 saturated heterocycles. The normalized spacial score (nSPS) is 11.1. The minimum absolute atomic E-state index is 0.0196. The predicted molar refractivity (Wildman–Crippen MR) is 107 cm³/mol. The Morgan fingerprint density at radius 1 is 1.14 bits per heavy atom. The van der Waals surface area contributed by atoms with Crippen LogP contribution in [0.4, 0.5) is 11.5 Å². The van der Waals surface area contributed by atoms with E-state index in [0.717, 1.165) is 4.47 Å². The predicted octanol–water partition coefficient (Wildman–Crippen LogP) is 3.81. The molecule has 0 radical (unpaired) electrons. The molecule has 3 aromatic rings.